The largest absolute Gasteiger partial charge is 0.329 e. The Labute approximate surface area is 128 Å². The van der Waals surface area contributed by atoms with Gasteiger partial charge in [-0.2, -0.15) is 0 Å². The van der Waals surface area contributed by atoms with Crippen molar-refractivity contribution in [2.24, 2.45) is 17.1 Å². The summed E-state index contributed by atoms with van der Waals surface area (Å²) in [7, 11) is 0. The Morgan fingerprint density at radius 1 is 1.14 bits per heavy atom. The van der Waals surface area contributed by atoms with Gasteiger partial charge in [0.25, 0.3) is 0 Å². The summed E-state index contributed by atoms with van der Waals surface area (Å²) in [6.07, 6.45) is 8.11. The molecule has 2 N–H and O–H groups in total. The fraction of sp³-hybridized carbons (Fsp3) is 0.632. The van der Waals surface area contributed by atoms with E-state index >= 15 is 0 Å². The summed E-state index contributed by atoms with van der Waals surface area (Å²) in [6.45, 7) is 2.77. The highest BCUT2D eigenvalue weighted by Crippen LogP contribution is 2.41. The maximum Gasteiger partial charge on any atom is 0.170 e. The minimum absolute atomic E-state index is 0.275. The van der Waals surface area contributed by atoms with E-state index in [0.29, 0.717) is 6.54 Å². The van der Waals surface area contributed by atoms with E-state index in [-0.39, 0.29) is 11.2 Å². The number of hydrogen-bond acceptors (Lipinski definition) is 2. The van der Waals surface area contributed by atoms with Crippen molar-refractivity contribution in [2.75, 3.05) is 6.54 Å². The number of ketones is 1. The first-order valence-corrected chi connectivity index (χ1v) is 8.49. The topological polar surface area (TPSA) is 43.1 Å². The van der Waals surface area contributed by atoms with Gasteiger partial charge in [0.1, 0.15) is 0 Å². The van der Waals surface area contributed by atoms with Crippen molar-refractivity contribution in [1.82, 2.24) is 0 Å². The third-order valence-electron chi connectivity index (χ3n) is 5.85. The highest BCUT2D eigenvalue weighted by molar-refractivity contribution is 6.00. The number of carbonyl (C=O) groups excluding carboxylic acids is 1. The Balaban J connectivity index is 1.76. The molecule has 0 atom stereocenters. The number of carbonyl (C=O) groups is 1. The molecule has 0 saturated heterocycles. The molecule has 0 amide bonds. The number of hydrogen-bond donors (Lipinski definition) is 1. The van der Waals surface area contributed by atoms with E-state index in [0.717, 1.165) is 43.1 Å². The summed E-state index contributed by atoms with van der Waals surface area (Å²) in [6, 6.07) is 8.39. The lowest BCUT2D eigenvalue weighted by Crippen LogP contribution is -2.41. The lowest BCUT2D eigenvalue weighted by Gasteiger charge is -2.37. The molecular formula is C19H27NO. The first kappa shape index (κ1) is 14.8. The minimum atomic E-state index is -0.301. The zero-order valence-electron chi connectivity index (χ0n) is 13.1. The van der Waals surface area contributed by atoms with Crippen molar-refractivity contribution in [1.29, 1.82) is 0 Å². The van der Waals surface area contributed by atoms with Gasteiger partial charge in [-0.3, -0.25) is 4.79 Å². The molecule has 2 fully saturated rings. The third-order valence-corrected chi connectivity index (χ3v) is 5.85. The van der Waals surface area contributed by atoms with Gasteiger partial charge < -0.3 is 5.73 Å². The summed E-state index contributed by atoms with van der Waals surface area (Å²) >= 11 is 0. The monoisotopic (exact) mass is 285 g/mol. The van der Waals surface area contributed by atoms with Crippen LogP contribution in [0.1, 0.15) is 73.7 Å². The van der Waals surface area contributed by atoms with Crippen molar-refractivity contribution >= 4 is 5.78 Å². The number of benzene rings is 1. The second kappa shape index (κ2) is 5.92. The molecule has 2 aliphatic rings. The maximum atomic E-state index is 12.9. The van der Waals surface area contributed by atoms with E-state index in [1.165, 1.54) is 24.8 Å². The second-order valence-electron chi connectivity index (χ2n) is 7.25. The van der Waals surface area contributed by atoms with E-state index in [9.17, 15) is 4.79 Å². The summed E-state index contributed by atoms with van der Waals surface area (Å²) in [5.74, 6) is 1.74. The SMILES string of the molecule is CC1CCC(CN)(C(=O)c2ccc(C3CCC3)cc2)CC1. The number of nitrogens with two attached hydrogens (primary N) is 1. The molecule has 0 unspecified atom stereocenters. The lowest BCUT2D eigenvalue weighted by molar-refractivity contribution is 0.0695. The van der Waals surface area contributed by atoms with Gasteiger partial charge in [-0.25, -0.2) is 0 Å². The molecule has 3 rings (SSSR count). The van der Waals surface area contributed by atoms with E-state index in [4.69, 9.17) is 5.73 Å². The van der Waals surface area contributed by atoms with Gasteiger partial charge >= 0.3 is 0 Å². The molecule has 1 aromatic rings. The highest BCUT2D eigenvalue weighted by atomic mass is 16.1. The van der Waals surface area contributed by atoms with Crippen LogP contribution in [0.5, 0.6) is 0 Å². The molecule has 0 aliphatic heterocycles. The van der Waals surface area contributed by atoms with Gasteiger partial charge in [-0.05, 0) is 55.9 Å². The summed E-state index contributed by atoms with van der Waals surface area (Å²) < 4.78 is 0. The second-order valence-corrected chi connectivity index (χ2v) is 7.25. The zero-order valence-corrected chi connectivity index (χ0v) is 13.1. The molecular weight excluding hydrogens is 258 g/mol. The van der Waals surface area contributed by atoms with Gasteiger partial charge in [0.05, 0.1) is 0 Å². The zero-order chi connectivity index (χ0) is 14.9. The van der Waals surface area contributed by atoms with Crippen LogP contribution < -0.4 is 5.73 Å². The van der Waals surface area contributed by atoms with Crippen LogP contribution in [0.2, 0.25) is 0 Å². The molecule has 2 saturated carbocycles. The van der Waals surface area contributed by atoms with Crippen LogP contribution in [0, 0.1) is 11.3 Å². The molecule has 2 aliphatic carbocycles. The van der Waals surface area contributed by atoms with Crippen molar-refractivity contribution in [3.63, 3.8) is 0 Å². The van der Waals surface area contributed by atoms with Crippen molar-refractivity contribution < 1.29 is 4.79 Å². The van der Waals surface area contributed by atoms with Gasteiger partial charge in [0, 0.05) is 17.5 Å². The van der Waals surface area contributed by atoms with E-state index in [1.807, 2.05) is 12.1 Å². The standard InChI is InChI=1S/C19H27NO/c1-14-9-11-19(13-20,12-10-14)18(21)17-7-5-16(6-8-17)15-3-2-4-15/h5-8,14-15H,2-4,9-13,20H2,1H3. The molecule has 2 nitrogen and oxygen atoms in total. The number of Topliss-reactive ketones (excluding diaryl/α,β-unsaturated/α-hetero) is 1. The van der Waals surface area contributed by atoms with Crippen LogP contribution in [0.4, 0.5) is 0 Å². The number of rotatable bonds is 4. The maximum absolute atomic E-state index is 12.9. The van der Waals surface area contributed by atoms with Crippen molar-refractivity contribution in [3.8, 4) is 0 Å². The predicted molar refractivity (Wildman–Crippen MR) is 86.5 cm³/mol. The average Bonchev–Trinajstić information content (AvgIpc) is 2.47. The molecule has 114 valence electrons. The molecule has 0 aromatic heterocycles. The van der Waals surface area contributed by atoms with Crippen LogP contribution in [0.3, 0.4) is 0 Å². The molecule has 2 heteroatoms. The Hall–Kier alpha value is -1.15. The Kier molecular flexibility index (Phi) is 4.17. The van der Waals surface area contributed by atoms with Gasteiger partial charge in [0.2, 0.25) is 0 Å². The van der Waals surface area contributed by atoms with Crippen LogP contribution in [0.15, 0.2) is 24.3 Å². The molecule has 0 bridgehead atoms. The van der Waals surface area contributed by atoms with E-state index in [1.54, 1.807) is 0 Å². The Morgan fingerprint density at radius 2 is 1.76 bits per heavy atom. The first-order valence-electron chi connectivity index (χ1n) is 8.49. The fourth-order valence-corrected chi connectivity index (χ4v) is 3.79. The average molecular weight is 285 g/mol. The highest BCUT2D eigenvalue weighted by Gasteiger charge is 2.40. The molecule has 0 radical (unpaired) electrons. The van der Waals surface area contributed by atoms with Crippen LogP contribution in [-0.4, -0.2) is 12.3 Å². The fourth-order valence-electron chi connectivity index (χ4n) is 3.79. The van der Waals surface area contributed by atoms with Gasteiger partial charge in [-0.15, -0.1) is 0 Å². The van der Waals surface area contributed by atoms with E-state index < -0.39 is 0 Å². The van der Waals surface area contributed by atoms with E-state index in [2.05, 4.69) is 19.1 Å². The normalized spacial score (nSPS) is 29.9. The lowest BCUT2D eigenvalue weighted by atomic mass is 9.67. The molecule has 1 aromatic carbocycles. The Bertz CT molecular complexity index is 493. The Morgan fingerprint density at radius 3 is 2.24 bits per heavy atom. The smallest absolute Gasteiger partial charge is 0.170 e. The van der Waals surface area contributed by atoms with Gasteiger partial charge in [0.15, 0.2) is 5.78 Å². The minimum Gasteiger partial charge on any atom is -0.329 e. The quantitative estimate of drug-likeness (QED) is 0.838. The summed E-state index contributed by atoms with van der Waals surface area (Å²) in [5.41, 5.74) is 7.97. The molecule has 0 heterocycles. The summed E-state index contributed by atoms with van der Waals surface area (Å²) in [5, 5.41) is 0. The van der Waals surface area contributed by atoms with Crippen molar-refractivity contribution in [3.05, 3.63) is 35.4 Å². The van der Waals surface area contributed by atoms with Crippen molar-refractivity contribution in [2.45, 2.75) is 57.8 Å². The first-order chi connectivity index (χ1) is 10.1. The van der Waals surface area contributed by atoms with Gasteiger partial charge in [-0.1, -0.05) is 37.6 Å². The molecule has 21 heavy (non-hydrogen) atoms. The molecule has 0 spiro atoms. The predicted octanol–water partition coefficient (Wildman–Crippen LogP) is 4.29. The van der Waals surface area contributed by atoms with Crippen LogP contribution in [-0.2, 0) is 0 Å². The summed E-state index contributed by atoms with van der Waals surface area (Å²) in [4.78, 5) is 12.9. The van der Waals surface area contributed by atoms with Crippen LogP contribution in [0.25, 0.3) is 0 Å². The van der Waals surface area contributed by atoms with Crippen LogP contribution >= 0.6 is 0 Å². The third kappa shape index (κ3) is 2.78.